The Labute approximate surface area is 123 Å². The summed E-state index contributed by atoms with van der Waals surface area (Å²) in [4.78, 5) is 8.05. The number of fused-ring (bicyclic) bond motifs is 1. The van der Waals surface area contributed by atoms with E-state index in [-0.39, 0.29) is 0 Å². The summed E-state index contributed by atoms with van der Waals surface area (Å²) in [6.07, 6.45) is 1.20. The smallest absolute Gasteiger partial charge is 0.175 e. The van der Waals surface area contributed by atoms with E-state index >= 15 is 0 Å². The van der Waals surface area contributed by atoms with Crippen LogP contribution in [-0.4, -0.2) is 24.6 Å². The zero-order chi connectivity index (χ0) is 15.2. The molecule has 1 heterocycles. The van der Waals surface area contributed by atoms with Crippen LogP contribution in [0.3, 0.4) is 0 Å². The maximum absolute atomic E-state index is 11.6. The molecule has 0 fully saturated rings. The zero-order valence-electron chi connectivity index (χ0n) is 12.1. The van der Waals surface area contributed by atoms with Gasteiger partial charge >= 0.3 is 0 Å². The summed E-state index contributed by atoms with van der Waals surface area (Å²) in [6.45, 7) is 4.09. The molecule has 4 nitrogen and oxygen atoms in total. The molecule has 0 aliphatic heterocycles. The molecule has 5 heteroatoms. The van der Waals surface area contributed by atoms with Crippen LogP contribution >= 0.6 is 0 Å². The minimum Gasteiger partial charge on any atom is -0.338 e. The molecule has 2 aromatic carbocycles. The quantitative estimate of drug-likeness (QED) is 0.790. The molecule has 0 bridgehead atoms. The van der Waals surface area contributed by atoms with Crippen molar-refractivity contribution in [1.29, 1.82) is 0 Å². The monoisotopic (exact) mass is 300 g/mol. The average Bonchev–Trinajstić information content (AvgIpc) is 2.79. The van der Waals surface area contributed by atoms with Gasteiger partial charge in [0, 0.05) is 11.8 Å². The number of rotatable bonds is 2. The van der Waals surface area contributed by atoms with Gasteiger partial charge in [0.05, 0.1) is 15.9 Å². The lowest BCUT2D eigenvalue weighted by Gasteiger charge is -2.03. The third-order valence-corrected chi connectivity index (χ3v) is 4.63. The number of sulfone groups is 1. The molecule has 3 rings (SSSR count). The molecule has 0 amide bonds. The zero-order valence-corrected chi connectivity index (χ0v) is 13.0. The minimum atomic E-state index is -3.21. The fourth-order valence-corrected chi connectivity index (χ4v) is 3.07. The predicted molar refractivity (Wildman–Crippen MR) is 84.1 cm³/mol. The van der Waals surface area contributed by atoms with E-state index in [0.29, 0.717) is 4.90 Å². The highest BCUT2D eigenvalue weighted by Gasteiger charge is 2.12. The summed E-state index contributed by atoms with van der Waals surface area (Å²) in [7, 11) is -3.21. The van der Waals surface area contributed by atoms with Gasteiger partial charge in [0.1, 0.15) is 5.82 Å². The van der Waals surface area contributed by atoms with E-state index in [1.165, 1.54) is 11.8 Å². The molecule has 0 atom stereocenters. The molecule has 3 aromatic rings. The van der Waals surface area contributed by atoms with Crippen molar-refractivity contribution in [2.75, 3.05) is 6.26 Å². The number of nitrogens with one attached hydrogen (secondary N) is 1. The normalized spacial score (nSPS) is 12.0. The van der Waals surface area contributed by atoms with Crippen LogP contribution in [0.15, 0.2) is 41.3 Å². The fourth-order valence-electron chi connectivity index (χ4n) is 2.43. The first-order valence-corrected chi connectivity index (χ1v) is 8.51. The fraction of sp³-hybridized carbons (Fsp3) is 0.188. The van der Waals surface area contributed by atoms with Gasteiger partial charge in [-0.25, -0.2) is 13.4 Å². The van der Waals surface area contributed by atoms with Crippen LogP contribution in [0.2, 0.25) is 0 Å². The van der Waals surface area contributed by atoms with Gasteiger partial charge in [0.2, 0.25) is 0 Å². The first kappa shape index (κ1) is 13.8. The van der Waals surface area contributed by atoms with Crippen molar-refractivity contribution in [3.05, 3.63) is 47.5 Å². The van der Waals surface area contributed by atoms with Crippen LogP contribution in [-0.2, 0) is 9.84 Å². The number of aromatic amines is 1. The molecule has 1 N–H and O–H groups in total. The number of H-pyrrole nitrogens is 1. The second-order valence-corrected chi connectivity index (χ2v) is 7.37. The van der Waals surface area contributed by atoms with E-state index in [1.54, 1.807) is 18.2 Å². The highest BCUT2D eigenvalue weighted by molar-refractivity contribution is 7.90. The molecule has 0 radical (unpaired) electrons. The molecule has 108 valence electrons. The number of hydrogen-bond donors (Lipinski definition) is 1. The highest BCUT2D eigenvalue weighted by atomic mass is 32.2. The minimum absolute atomic E-state index is 0.297. The van der Waals surface area contributed by atoms with Crippen LogP contribution in [0.4, 0.5) is 0 Å². The molecule has 1 aromatic heterocycles. The van der Waals surface area contributed by atoms with Gasteiger partial charge in [-0.3, -0.25) is 0 Å². The predicted octanol–water partition coefficient (Wildman–Crippen LogP) is 3.25. The molecule has 0 unspecified atom stereocenters. The lowest BCUT2D eigenvalue weighted by atomic mass is 10.1. The molecule has 0 saturated carbocycles. The van der Waals surface area contributed by atoms with Crippen LogP contribution in [0.25, 0.3) is 22.4 Å². The largest absolute Gasteiger partial charge is 0.338 e. The second kappa shape index (κ2) is 4.70. The van der Waals surface area contributed by atoms with E-state index in [4.69, 9.17) is 0 Å². The van der Waals surface area contributed by atoms with Gasteiger partial charge in [-0.1, -0.05) is 23.8 Å². The molecular formula is C16H16N2O2S. The number of imidazole rings is 1. The Morgan fingerprint density at radius 3 is 2.48 bits per heavy atom. The first-order valence-electron chi connectivity index (χ1n) is 6.62. The number of nitrogens with zero attached hydrogens (tertiary/aromatic N) is 1. The number of benzene rings is 2. The van der Waals surface area contributed by atoms with Gasteiger partial charge in [-0.2, -0.15) is 0 Å². The summed E-state index contributed by atoms with van der Waals surface area (Å²) in [5.41, 5.74) is 4.85. The van der Waals surface area contributed by atoms with Crippen LogP contribution < -0.4 is 0 Å². The molecule has 21 heavy (non-hydrogen) atoms. The van der Waals surface area contributed by atoms with Crippen molar-refractivity contribution in [3.8, 4) is 11.4 Å². The summed E-state index contributed by atoms with van der Waals surface area (Å²) in [5, 5.41) is 0. The van der Waals surface area contributed by atoms with Gasteiger partial charge in [0.25, 0.3) is 0 Å². The average molecular weight is 300 g/mol. The van der Waals surface area contributed by atoms with Crippen molar-refractivity contribution in [3.63, 3.8) is 0 Å². The molecule has 0 aliphatic carbocycles. The maximum Gasteiger partial charge on any atom is 0.175 e. The standard InChI is InChI=1S/C16H16N2O2S/c1-10-4-6-13(11(2)8-10)16-17-14-7-5-12(21(3,19)20)9-15(14)18-16/h4-9H,1-3H3,(H,17,18). The molecule has 0 aliphatic rings. The number of aromatic nitrogens is 2. The van der Waals surface area contributed by atoms with Crippen molar-refractivity contribution in [2.24, 2.45) is 0 Å². The third-order valence-electron chi connectivity index (χ3n) is 3.52. The Balaban J connectivity index is 2.17. The van der Waals surface area contributed by atoms with Crippen LogP contribution in [0, 0.1) is 13.8 Å². The second-order valence-electron chi connectivity index (χ2n) is 5.35. The Morgan fingerprint density at radius 1 is 1.05 bits per heavy atom. The van der Waals surface area contributed by atoms with Gasteiger partial charge in [-0.15, -0.1) is 0 Å². The van der Waals surface area contributed by atoms with E-state index in [1.807, 2.05) is 26.0 Å². The van der Waals surface area contributed by atoms with E-state index in [0.717, 1.165) is 28.0 Å². The van der Waals surface area contributed by atoms with Crippen molar-refractivity contribution < 1.29 is 8.42 Å². The summed E-state index contributed by atoms with van der Waals surface area (Å²) < 4.78 is 23.2. The lowest BCUT2D eigenvalue weighted by molar-refractivity contribution is 0.602. The van der Waals surface area contributed by atoms with E-state index < -0.39 is 9.84 Å². The molecule has 0 saturated heterocycles. The summed E-state index contributed by atoms with van der Waals surface area (Å²) >= 11 is 0. The third kappa shape index (κ3) is 2.56. The van der Waals surface area contributed by atoms with Gasteiger partial charge in [-0.05, 0) is 37.6 Å². The van der Waals surface area contributed by atoms with E-state index in [9.17, 15) is 8.42 Å². The van der Waals surface area contributed by atoms with Gasteiger partial charge < -0.3 is 4.98 Å². The Hall–Kier alpha value is -2.14. The van der Waals surface area contributed by atoms with Crippen molar-refractivity contribution >= 4 is 20.9 Å². The Kier molecular flexibility index (Phi) is 3.10. The Bertz CT molecular complexity index is 940. The highest BCUT2D eigenvalue weighted by Crippen LogP contribution is 2.25. The summed E-state index contributed by atoms with van der Waals surface area (Å²) in [5.74, 6) is 0.758. The molecule has 0 spiro atoms. The summed E-state index contributed by atoms with van der Waals surface area (Å²) in [6, 6.07) is 11.1. The van der Waals surface area contributed by atoms with Gasteiger partial charge in [0.15, 0.2) is 9.84 Å². The maximum atomic E-state index is 11.6. The molecular weight excluding hydrogens is 284 g/mol. The topological polar surface area (TPSA) is 62.8 Å². The van der Waals surface area contributed by atoms with Crippen molar-refractivity contribution in [1.82, 2.24) is 9.97 Å². The van der Waals surface area contributed by atoms with Crippen LogP contribution in [0.5, 0.6) is 0 Å². The SMILES string of the molecule is Cc1ccc(-c2nc3ccc(S(C)(=O)=O)cc3[nH]2)c(C)c1. The number of aryl methyl sites for hydroxylation is 2. The number of hydrogen-bond acceptors (Lipinski definition) is 3. The van der Waals surface area contributed by atoms with Crippen molar-refractivity contribution in [2.45, 2.75) is 18.7 Å². The lowest BCUT2D eigenvalue weighted by Crippen LogP contribution is -1.96. The van der Waals surface area contributed by atoms with Crippen LogP contribution in [0.1, 0.15) is 11.1 Å². The Morgan fingerprint density at radius 2 is 1.81 bits per heavy atom. The first-order chi connectivity index (χ1) is 9.84. The van der Waals surface area contributed by atoms with E-state index in [2.05, 4.69) is 16.0 Å².